The third-order valence-corrected chi connectivity index (χ3v) is 6.05. The maximum Gasteiger partial charge on any atom is 0.129 e. The molecule has 26 heavy (non-hydrogen) atoms. The minimum Gasteiger partial charge on any atom is -0.244 e. The van der Waals surface area contributed by atoms with Gasteiger partial charge in [0.05, 0.1) is 5.41 Å². The number of hydrogen-bond acceptors (Lipinski definition) is 1. The highest BCUT2D eigenvalue weighted by atomic mass is 35.5. The van der Waals surface area contributed by atoms with E-state index >= 15 is 0 Å². The molecule has 0 saturated carbocycles. The summed E-state index contributed by atoms with van der Waals surface area (Å²) < 4.78 is 0. The summed E-state index contributed by atoms with van der Waals surface area (Å²) in [6.45, 7) is 0. The SMILES string of the molecule is Clc1cc2c(cn1)-c1ccccc1C21c2ccccc2-c2ccccc21. The number of halogens is 1. The van der Waals surface area contributed by atoms with Gasteiger partial charge in [-0.2, -0.15) is 0 Å². The Morgan fingerprint density at radius 1 is 0.577 bits per heavy atom. The Hall–Kier alpha value is -2.90. The van der Waals surface area contributed by atoms with E-state index in [0.29, 0.717) is 5.15 Å². The van der Waals surface area contributed by atoms with E-state index < -0.39 is 0 Å². The van der Waals surface area contributed by atoms with Crippen molar-refractivity contribution in [3.05, 3.63) is 112 Å². The molecule has 1 nitrogen and oxygen atoms in total. The van der Waals surface area contributed by atoms with Gasteiger partial charge in [0.15, 0.2) is 0 Å². The van der Waals surface area contributed by atoms with Crippen LogP contribution in [0.15, 0.2) is 85.1 Å². The van der Waals surface area contributed by atoms with Gasteiger partial charge in [0.1, 0.15) is 5.15 Å². The van der Waals surface area contributed by atoms with E-state index in [0.717, 1.165) is 0 Å². The summed E-state index contributed by atoms with van der Waals surface area (Å²) in [6, 6.07) is 28.2. The maximum atomic E-state index is 6.37. The molecule has 6 rings (SSSR count). The van der Waals surface area contributed by atoms with E-state index in [1.165, 1.54) is 44.5 Å². The summed E-state index contributed by atoms with van der Waals surface area (Å²) in [4.78, 5) is 4.38. The van der Waals surface area contributed by atoms with Gasteiger partial charge in [0.2, 0.25) is 0 Å². The number of nitrogens with zero attached hydrogens (tertiary/aromatic N) is 1. The van der Waals surface area contributed by atoms with Crippen molar-refractivity contribution in [2.75, 3.05) is 0 Å². The first kappa shape index (κ1) is 14.3. The molecule has 0 fully saturated rings. The van der Waals surface area contributed by atoms with Crippen molar-refractivity contribution < 1.29 is 0 Å². The van der Waals surface area contributed by atoms with Crippen LogP contribution in [0.25, 0.3) is 22.3 Å². The van der Waals surface area contributed by atoms with Crippen molar-refractivity contribution in [3.8, 4) is 22.3 Å². The number of benzene rings is 3. The van der Waals surface area contributed by atoms with E-state index in [4.69, 9.17) is 11.6 Å². The van der Waals surface area contributed by atoms with E-state index in [9.17, 15) is 0 Å². The first-order valence-corrected chi connectivity index (χ1v) is 9.15. The molecule has 1 spiro atoms. The zero-order valence-electron chi connectivity index (χ0n) is 13.9. The van der Waals surface area contributed by atoms with Gasteiger partial charge in [0.25, 0.3) is 0 Å². The van der Waals surface area contributed by atoms with Crippen LogP contribution in [0.3, 0.4) is 0 Å². The Labute approximate surface area is 156 Å². The molecule has 2 aliphatic rings. The van der Waals surface area contributed by atoms with Crippen molar-refractivity contribution in [1.82, 2.24) is 4.98 Å². The monoisotopic (exact) mass is 351 g/mol. The predicted octanol–water partition coefficient (Wildman–Crippen LogP) is 6.08. The average Bonchev–Trinajstić information content (AvgIpc) is 3.15. The second kappa shape index (κ2) is 4.84. The number of aromatic nitrogens is 1. The van der Waals surface area contributed by atoms with Crippen molar-refractivity contribution >= 4 is 11.6 Å². The molecule has 0 amide bonds. The zero-order valence-corrected chi connectivity index (χ0v) is 14.7. The van der Waals surface area contributed by atoms with E-state index in [1.54, 1.807) is 0 Å². The third-order valence-electron chi connectivity index (χ3n) is 5.85. The summed E-state index contributed by atoms with van der Waals surface area (Å²) in [5.74, 6) is 0. The fourth-order valence-electron chi connectivity index (χ4n) is 4.96. The Balaban J connectivity index is 1.88. The van der Waals surface area contributed by atoms with Crippen LogP contribution in [-0.2, 0) is 5.41 Å². The molecule has 4 aromatic rings. The summed E-state index contributed by atoms with van der Waals surface area (Å²) in [5.41, 5.74) is 9.93. The third kappa shape index (κ3) is 1.51. The highest BCUT2D eigenvalue weighted by molar-refractivity contribution is 6.29. The molecule has 0 aliphatic heterocycles. The van der Waals surface area contributed by atoms with Crippen molar-refractivity contribution in [3.63, 3.8) is 0 Å². The number of hydrogen-bond donors (Lipinski definition) is 0. The summed E-state index contributed by atoms with van der Waals surface area (Å²) >= 11 is 6.37. The Bertz CT molecular complexity index is 1140. The molecular weight excluding hydrogens is 338 g/mol. The molecule has 1 aromatic heterocycles. The van der Waals surface area contributed by atoms with Crippen LogP contribution in [-0.4, -0.2) is 4.98 Å². The summed E-state index contributed by atoms with van der Waals surface area (Å²) in [5, 5.41) is 0.540. The van der Waals surface area contributed by atoms with Crippen molar-refractivity contribution in [2.45, 2.75) is 5.41 Å². The first-order chi connectivity index (χ1) is 12.8. The number of rotatable bonds is 0. The van der Waals surface area contributed by atoms with Crippen LogP contribution in [0, 0.1) is 0 Å². The van der Waals surface area contributed by atoms with Gasteiger partial charge in [-0.3, -0.25) is 0 Å². The fourth-order valence-corrected chi connectivity index (χ4v) is 5.12. The molecule has 0 radical (unpaired) electrons. The molecule has 0 N–H and O–H groups in total. The van der Waals surface area contributed by atoms with Gasteiger partial charge in [-0.1, -0.05) is 84.4 Å². The smallest absolute Gasteiger partial charge is 0.129 e. The average molecular weight is 352 g/mol. The second-order valence-electron chi connectivity index (χ2n) is 6.94. The molecular formula is C24H14ClN. The van der Waals surface area contributed by atoms with Crippen molar-refractivity contribution in [2.24, 2.45) is 0 Å². The van der Waals surface area contributed by atoms with Gasteiger partial charge < -0.3 is 0 Å². The quantitative estimate of drug-likeness (QED) is 0.302. The van der Waals surface area contributed by atoms with Crippen LogP contribution in [0.1, 0.15) is 22.3 Å². The zero-order chi connectivity index (χ0) is 17.3. The van der Waals surface area contributed by atoms with Gasteiger partial charge in [-0.25, -0.2) is 4.98 Å². The molecule has 0 saturated heterocycles. The lowest BCUT2D eigenvalue weighted by Gasteiger charge is -2.30. The molecule has 0 bridgehead atoms. The Morgan fingerprint density at radius 2 is 1.04 bits per heavy atom. The molecule has 2 heteroatoms. The fraction of sp³-hybridized carbons (Fsp3) is 0.0417. The van der Waals surface area contributed by atoms with Crippen LogP contribution in [0.4, 0.5) is 0 Å². The van der Waals surface area contributed by atoms with Gasteiger partial charge in [0, 0.05) is 11.8 Å². The van der Waals surface area contributed by atoms with Gasteiger partial charge in [-0.15, -0.1) is 0 Å². The molecule has 0 atom stereocenters. The largest absolute Gasteiger partial charge is 0.244 e. The lowest BCUT2D eigenvalue weighted by Crippen LogP contribution is -2.25. The number of pyridine rings is 1. The maximum absolute atomic E-state index is 6.37. The highest BCUT2D eigenvalue weighted by Gasteiger charge is 2.51. The molecule has 1 heterocycles. The minimum absolute atomic E-state index is 0.314. The predicted molar refractivity (Wildman–Crippen MR) is 106 cm³/mol. The van der Waals surface area contributed by atoms with E-state index in [1.807, 2.05) is 6.20 Å². The van der Waals surface area contributed by atoms with Crippen molar-refractivity contribution in [1.29, 1.82) is 0 Å². The van der Waals surface area contributed by atoms with E-state index in [2.05, 4.69) is 83.8 Å². The molecule has 3 aromatic carbocycles. The summed E-state index contributed by atoms with van der Waals surface area (Å²) in [7, 11) is 0. The lowest BCUT2D eigenvalue weighted by atomic mass is 9.71. The van der Waals surface area contributed by atoms with E-state index in [-0.39, 0.29) is 5.41 Å². The highest BCUT2D eigenvalue weighted by Crippen LogP contribution is 2.62. The second-order valence-corrected chi connectivity index (χ2v) is 7.33. The first-order valence-electron chi connectivity index (χ1n) is 8.77. The normalized spacial score (nSPS) is 14.7. The Morgan fingerprint density at radius 3 is 1.58 bits per heavy atom. The standard InChI is InChI=1S/C24H14ClN/c25-23-13-22-18(14-26-23)17-9-3-6-12-21(17)24(22)19-10-4-1-7-15(19)16-8-2-5-11-20(16)24/h1-14H. The number of fused-ring (bicyclic) bond motifs is 10. The molecule has 0 unspecified atom stereocenters. The molecule has 2 aliphatic carbocycles. The lowest BCUT2D eigenvalue weighted by molar-refractivity contribution is 0.792. The topological polar surface area (TPSA) is 12.9 Å². The minimum atomic E-state index is -0.314. The van der Waals surface area contributed by atoms with Gasteiger partial charge in [-0.05, 0) is 45.0 Å². The summed E-state index contributed by atoms with van der Waals surface area (Å²) in [6.07, 6.45) is 1.93. The van der Waals surface area contributed by atoms with Gasteiger partial charge >= 0.3 is 0 Å². The Kier molecular flexibility index (Phi) is 2.66. The van der Waals surface area contributed by atoms with Crippen LogP contribution in [0.5, 0.6) is 0 Å². The molecule has 122 valence electrons. The van der Waals surface area contributed by atoms with Crippen LogP contribution in [0.2, 0.25) is 5.15 Å². The van der Waals surface area contributed by atoms with Crippen LogP contribution < -0.4 is 0 Å². The van der Waals surface area contributed by atoms with Crippen LogP contribution >= 0.6 is 11.6 Å².